The molecule has 156 valence electrons. The zero-order chi connectivity index (χ0) is 21.6. The molecular formula is C21H21N3O5S. The van der Waals surface area contributed by atoms with E-state index in [-0.39, 0.29) is 28.6 Å². The number of pyridine rings is 1. The van der Waals surface area contributed by atoms with Crippen LogP contribution in [0.4, 0.5) is 11.4 Å². The van der Waals surface area contributed by atoms with Gasteiger partial charge < -0.3 is 14.8 Å². The van der Waals surface area contributed by atoms with Crippen molar-refractivity contribution in [2.45, 2.75) is 11.8 Å². The van der Waals surface area contributed by atoms with Crippen LogP contribution in [0.1, 0.15) is 17.3 Å². The van der Waals surface area contributed by atoms with E-state index in [2.05, 4.69) is 15.0 Å². The molecule has 0 saturated carbocycles. The number of hydrogen-bond donors (Lipinski definition) is 2. The second-order valence-corrected chi connectivity index (χ2v) is 7.72. The molecule has 0 unspecified atom stereocenters. The molecule has 0 spiro atoms. The molecule has 1 heterocycles. The molecule has 9 heteroatoms. The zero-order valence-corrected chi connectivity index (χ0v) is 17.3. The van der Waals surface area contributed by atoms with Crippen molar-refractivity contribution < 1.29 is 22.7 Å². The molecule has 0 bridgehead atoms. The number of anilines is 2. The van der Waals surface area contributed by atoms with Crippen molar-refractivity contribution >= 4 is 27.3 Å². The lowest BCUT2D eigenvalue weighted by Gasteiger charge is -2.17. The van der Waals surface area contributed by atoms with Gasteiger partial charge in [-0.1, -0.05) is 18.2 Å². The molecule has 3 rings (SSSR count). The molecule has 8 nitrogen and oxygen atoms in total. The minimum Gasteiger partial charge on any atom is -0.495 e. The quantitative estimate of drug-likeness (QED) is 0.569. The van der Waals surface area contributed by atoms with E-state index in [1.807, 2.05) is 0 Å². The van der Waals surface area contributed by atoms with Crippen LogP contribution in [0.2, 0.25) is 0 Å². The zero-order valence-electron chi connectivity index (χ0n) is 16.5. The Morgan fingerprint density at radius 2 is 1.80 bits per heavy atom. The van der Waals surface area contributed by atoms with Crippen molar-refractivity contribution in [2.75, 3.05) is 23.8 Å². The van der Waals surface area contributed by atoms with Gasteiger partial charge in [0, 0.05) is 12.4 Å². The molecule has 0 aliphatic carbocycles. The number of sulfonamides is 1. The van der Waals surface area contributed by atoms with Crippen LogP contribution in [-0.2, 0) is 10.0 Å². The van der Waals surface area contributed by atoms with Gasteiger partial charge >= 0.3 is 0 Å². The average molecular weight is 427 g/mol. The van der Waals surface area contributed by atoms with Gasteiger partial charge in [-0.25, -0.2) is 8.42 Å². The topological polar surface area (TPSA) is 107 Å². The van der Waals surface area contributed by atoms with Gasteiger partial charge in [-0.2, -0.15) is 0 Å². The van der Waals surface area contributed by atoms with Gasteiger partial charge in [0.2, 0.25) is 0 Å². The summed E-state index contributed by atoms with van der Waals surface area (Å²) >= 11 is 0. The molecule has 1 amide bonds. The number of benzene rings is 2. The molecule has 0 aliphatic rings. The fraction of sp³-hybridized carbons (Fsp3) is 0.143. The van der Waals surface area contributed by atoms with Crippen molar-refractivity contribution in [1.29, 1.82) is 0 Å². The molecule has 0 radical (unpaired) electrons. The van der Waals surface area contributed by atoms with Crippen molar-refractivity contribution in [3.63, 3.8) is 0 Å². The van der Waals surface area contributed by atoms with Gasteiger partial charge in [-0.3, -0.25) is 14.5 Å². The Hall–Kier alpha value is -3.59. The third kappa shape index (κ3) is 4.69. The molecule has 3 aromatic rings. The first kappa shape index (κ1) is 21.1. The SMILES string of the molecule is CCOc1c(NC(=O)c2cccnc2)cccc1S(=O)(=O)Nc1ccccc1OC. The second kappa shape index (κ2) is 9.27. The van der Waals surface area contributed by atoms with Crippen molar-refractivity contribution in [3.05, 3.63) is 72.6 Å². The Labute approximate surface area is 174 Å². The van der Waals surface area contributed by atoms with Gasteiger partial charge in [-0.15, -0.1) is 0 Å². The fourth-order valence-corrected chi connectivity index (χ4v) is 3.98. The van der Waals surface area contributed by atoms with E-state index in [1.54, 1.807) is 55.6 Å². The maximum absolute atomic E-state index is 13.1. The Bertz CT molecular complexity index is 1130. The summed E-state index contributed by atoms with van der Waals surface area (Å²) in [6.07, 6.45) is 2.97. The summed E-state index contributed by atoms with van der Waals surface area (Å²) in [6, 6.07) is 14.4. The highest BCUT2D eigenvalue weighted by atomic mass is 32.2. The molecule has 2 aromatic carbocycles. The first-order chi connectivity index (χ1) is 14.5. The molecule has 0 aliphatic heterocycles. The molecule has 0 atom stereocenters. The van der Waals surface area contributed by atoms with Crippen LogP contribution >= 0.6 is 0 Å². The number of nitrogens with one attached hydrogen (secondary N) is 2. The van der Waals surface area contributed by atoms with Crippen LogP contribution in [0.5, 0.6) is 11.5 Å². The predicted octanol–water partition coefficient (Wildman–Crippen LogP) is 3.54. The molecule has 0 fully saturated rings. The van der Waals surface area contributed by atoms with Crippen molar-refractivity contribution in [2.24, 2.45) is 0 Å². The lowest BCUT2D eigenvalue weighted by molar-refractivity contribution is 0.102. The number of methoxy groups -OCH3 is 1. The summed E-state index contributed by atoms with van der Waals surface area (Å²) < 4.78 is 39.5. The third-order valence-corrected chi connectivity index (χ3v) is 5.47. The number of carbonyl (C=O) groups excluding carboxylic acids is 1. The average Bonchev–Trinajstić information content (AvgIpc) is 2.75. The van der Waals surface area contributed by atoms with Gasteiger partial charge in [-0.05, 0) is 43.3 Å². The van der Waals surface area contributed by atoms with E-state index < -0.39 is 15.9 Å². The van der Waals surface area contributed by atoms with E-state index in [9.17, 15) is 13.2 Å². The molecule has 2 N–H and O–H groups in total. The smallest absolute Gasteiger partial charge is 0.265 e. The normalized spacial score (nSPS) is 10.9. The highest BCUT2D eigenvalue weighted by Crippen LogP contribution is 2.35. The van der Waals surface area contributed by atoms with Crippen LogP contribution < -0.4 is 19.5 Å². The lowest BCUT2D eigenvalue weighted by Crippen LogP contribution is -2.18. The summed E-state index contributed by atoms with van der Waals surface area (Å²) in [4.78, 5) is 16.3. The number of rotatable bonds is 8. The highest BCUT2D eigenvalue weighted by molar-refractivity contribution is 7.92. The van der Waals surface area contributed by atoms with Crippen molar-refractivity contribution in [3.8, 4) is 11.5 Å². The summed E-state index contributed by atoms with van der Waals surface area (Å²) in [6.45, 7) is 1.93. The fourth-order valence-electron chi connectivity index (χ4n) is 2.74. The van der Waals surface area contributed by atoms with Gasteiger partial charge in [0.05, 0.1) is 30.7 Å². The summed E-state index contributed by atoms with van der Waals surface area (Å²) in [5.41, 5.74) is 0.848. The van der Waals surface area contributed by atoms with Gasteiger partial charge in [0.1, 0.15) is 10.6 Å². The Balaban J connectivity index is 1.98. The number of para-hydroxylation sites is 3. The number of aromatic nitrogens is 1. The number of amides is 1. The van der Waals surface area contributed by atoms with E-state index in [4.69, 9.17) is 9.47 Å². The minimum absolute atomic E-state index is 0.0413. The van der Waals surface area contributed by atoms with Gasteiger partial charge in [0.25, 0.3) is 15.9 Å². The predicted molar refractivity (Wildman–Crippen MR) is 114 cm³/mol. The number of hydrogen-bond acceptors (Lipinski definition) is 6. The Kier molecular flexibility index (Phi) is 6.53. The number of carbonyl (C=O) groups is 1. The van der Waals surface area contributed by atoms with Crippen molar-refractivity contribution in [1.82, 2.24) is 4.98 Å². The summed E-state index contributed by atoms with van der Waals surface area (Å²) in [5, 5.41) is 2.69. The van der Waals surface area contributed by atoms with Crippen LogP contribution in [0.15, 0.2) is 71.9 Å². The molecular weight excluding hydrogens is 406 g/mol. The van der Waals surface area contributed by atoms with Crippen LogP contribution in [0, 0.1) is 0 Å². The lowest BCUT2D eigenvalue weighted by atomic mass is 10.2. The van der Waals surface area contributed by atoms with E-state index in [0.29, 0.717) is 11.3 Å². The molecule has 1 aromatic heterocycles. The maximum Gasteiger partial charge on any atom is 0.265 e. The van der Waals surface area contributed by atoms with E-state index >= 15 is 0 Å². The Morgan fingerprint density at radius 3 is 2.50 bits per heavy atom. The first-order valence-electron chi connectivity index (χ1n) is 9.09. The highest BCUT2D eigenvalue weighted by Gasteiger charge is 2.24. The van der Waals surface area contributed by atoms with Crippen LogP contribution in [-0.4, -0.2) is 33.0 Å². The largest absolute Gasteiger partial charge is 0.495 e. The van der Waals surface area contributed by atoms with Crippen LogP contribution in [0.25, 0.3) is 0 Å². The molecule has 0 saturated heterocycles. The summed E-state index contributed by atoms with van der Waals surface area (Å²) in [7, 11) is -2.59. The number of nitrogens with zero attached hydrogens (tertiary/aromatic N) is 1. The monoisotopic (exact) mass is 427 g/mol. The van der Waals surface area contributed by atoms with Crippen LogP contribution in [0.3, 0.4) is 0 Å². The van der Waals surface area contributed by atoms with Gasteiger partial charge in [0.15, 0.2) is 5.75 Å². The minimum atomic E-state index is -4.04. The first-order valence-corrected chi connectivity index (χ1v) is 10.6. The molecule has 30 heavy (non-hydrogen) atoms. The van der Waals surface area contributed by atoms with E-state index in [0.717, 1.165) is 0 Å². The third-order valence-electron chi connectivity index (χ3n) is 4.08. The summed E-state index contributed by atoms with van der Waals surface area (Å²) in [5.74, 6) is -0.0176. The maximum atomic E-state index is 13.1. The van der Waals surface area contributed by atoms with E-state index in [1.165, 1.54) is 25.4 Å². The Morgan fingerprint density at radius 1 is 1.03 bits per heavy atom. The standard InChI is InChI=1S/C21H21N3O5S/c1-3-29-20-17(23-21(25)15-8-7-13-22-14-15)10-6-12-19(20)30(26,27)24-16-9-4-5-11-18(16)28-2/h4-14,24H,3H2,1-2H3,(H,23,25). The number of ether oxygens (including phenoxy) is 2. The second-order valence-electron chi connectivity index (χ2n) is 6.07.